The van der Waals surface area contributed by atoms with Crippen LogP contribution in [0.5, 0.6) is 0 Å². The number of nitrogens with two attached hydrogens (primary N) is 2. The molecule has 1 heterocycles. The minimum atomic E-state index is -0.632. The van der Waals surface area contributed by atoms with Gasteiger partial charge >= 0.3 is 0 Å². The van der Waals surface area contributed by atoms with Crippen molar-refractivity contribution < 1.29 is 4.39 Å². The molecule has 5 heteroatoms. The molecule has 1 aliphatic heterocycles. The summed E-state index contributed by atoms with van der Waals surface area (Å²) in [6, 6.07) is 4.69. The van der Waals surface area contributed by atoms with Gasteiger partial charge in [0.25, 0.3) is 0 Å². The molecule has 1 aliphatic carbocycles. The van der Waals surface area contributed by atoms with E-state index in [0.29, 0.717) is 16.4 Å². The van der Waals surface area contributed by atoms with Gasteiger partial charge < -0.3 is 11.5 Å². The molecule has 0 spiro atoms. The van der Waals surface area contributed by atoms with Crippen LogP contribution in [0, 0.1) is 5.82 Å². The standard InChI is InChI=1S/C14H16FN3S/c15-12-5-4-10(16)7-11(12)14-6-2-1-3-9(14)8-19-13(17)18-14/h4-5,7-8H,1-3,6,16H2,(H2,17,18)/t14-/m0/s1. The van der Waals surface area contributed by atoms with Crippen molar-refractivity contribution >= 4 is 22.6 Å². The van der Waals surface area contributed by atoms with Gasteiger partial charge in [0, 0.05) is 11.3 Å². The zero-order valence-corrected chi connectivity index (χ0v) is 11.3. The summed E-state index contributed by atoms with van der Waals surface area (Å²) in [5, 5.41) is 2.52. The van der Waals surface area contributed by atoms with E-state index in [1.807, 2.05) is 5.41 Å². The van der Waals surface area contributed by atoms with Crippen LogP contribution in [0.4, 0.5) is 10.1 Å². The van der Waals surface area contributed by atoms with E-state index in [2.05, 4.69) is 4.99 Å². The lowest BCUT2D eigenvalue weighted by atomic mass is 9.73. The van der Waals surface area contributed by atoms with Crippen molar-refractivity contribution in [1.82, 2.24) is 0 Å². The van der Waals surface area contributed by atoms with Gasteiger partial charge in [-0.25, -0.2) is 9.38 Å². The minimum Gasteiger partial charge on any atom is -0.399 e. The van der Waals surface area contributed by atoms with Crippen molar-refractivity contribution in [1.29, 1.82) is 0 Å². The summed E-state index contributed by atoms with van der Waals surface area (Å²) < 4.78 is 14.2. The van der Waals surface area contributed by atoms with Gasteiger partial charge in [-0.2, -0.15) is 0 Å². The highest BCUT2D eigenvalue weighted by atomic mass is 32.2. The molecule has 1 aromatic rings. The van der Waals surface area contributed by atoms with Crippen LogP contribution in [0.2, 0.25) is 0 Å². The van der Waals surface area contributed by atoms with Crippen molar-refractivity contribution in [2.75, 3.05) is 5.73 Å². The Labute approximate surface area is 116 Å². The number of hydrogen-bond donors (Lipinski definition) is 2. The Balaban J connectivity index is 2.19. The van der Waals surface area contributed by atoms with Gasteiger partial charge in [-0.3, -0.25) is 0 Å². The van der Waals surface area contributed by atoms with Crippen LogP contribution < -0.4 is 11.5 Å². The first-order valence-corrected chi connectivity index (χ1v) is 7.27. The molecule has 0 radical (unpaired) electrons. The second kappa shape index (κ2) is 4.56. The van der Waals surface area contributed by atoms with E-state index < -0.39 is 5.54 Å². The lowest BCUT2D eigenvalue weighted by molar-refractivity contribution is 0.383. The predicted octanol–water partition coefficient (Wildman–Crippen LogP) is 3.12. The van der Waals surface area contributed by atoms with Gasteiger partial charge in [0.05, 0.1) is 0 Å². The maximum atomic E-state index is 14.2. The van der Waals surface area contributed by atoms with E-state index in [4.69, 9.17) is 11.5 Å². The summed E-state index contributed by atoms with van der Waals surface area (Å²) in [7, 11) is 0. The minimum absolute atomic E-state index is 0.259. The first-order chi connectivity index (χ1) is 9.12. The van der Waals surface area contributed by atoms with Crippen LogP contribution >= 0.6 is 11.8 Å². The maximum absolute atomic E-state index is 14.2. The highest BCUT2D eigenvalue weighted by Gasteiger charge is 2.41. The third kappa shape index (κ3) is 2.02. The molecule has 1 fully saturated rings. The number of nitrogens with zero attached hydrogens (tertiary/aromatic N) is 1. The fourth-order valence-corrected chi connectivity index (χ4v) is 3.71. The molecule has 4 N–H and O–H groups in total. The zero-order valence-electron chi connectivity index (χ0n) is 10.5. The van der Waals surface area contributed by atoms with E-state index in [9.17, 15) is 4.39 Å². The summed E-state index contributed by atoms with van der Waals surface area (Å²) in [5.41, 5.74) is 13.3. The monoisotopic (exact) mass is 277 g/mol. The quantitative estimate of drug-likeness (QED) is 0.775. The number of benzene rings is 1. The van der Waals surface area contributed by atoms with E-state index in [1.165, 1.54) is 17.8 Å². The number of halogens is 1. The van der Waals surface area contributed by atoms with E-state index >= 15 is 0 Å². The molecule has 1 saturated carbocycles. The molecule has 0 amide bonds. The number of hydrogen-bond acceptors (Lipinski definition) is 4. The lowest BCUT2D eigenvalue weighted by Crippen LogP contribution is -2.35. The number of aliphatic imine (C=N–C) groups is 1. The smallest absolute Gasteiger partial charge is 0.159 e. The highest BCUT2D eigenvalue weighted by Crippen LogP contribution is 2.48. The van der Waals surface area contributed by atoms with E-state index in [1.54, 1.807) is 12.1 Å². The Morgan fingerprint density at radius 1 is 1.26 bits per heavy atom. The Bertz CT molecular complexity index is 582. The van der Waals surface area contributed by atoms with Crippen molar-refractivity contribution in [3.8, 4) is 0 Å². The van der Waals surface area contributed by atoms with Gasteiger partial charge in [0.1, 0.15) is 11.4 Å². The second-order valence-corrected chi connectivity index (χ2v) is 5.91. The summed E-state index contributed by atoms with van der Waals surface area (Å²) in [6.45, 7) is 0. The fourth-order valence-electron chi connectivity index (χ4n) is 2.92. The molecular weight excluding hydrogens is 261 g/mol. The maximum Gasteiger partial charge on any atom is 0.159 e. The van der Waals surface area contributed by atoms with Crippen molar-refractivity contribution in [2.24, 2.45) is 10.7 Å². The molecule has 0 bridgehead atoms. The Morgan fingerprint density at radius 3 is 2.95 bits per heavy atom. The summed E-state index contributed by atoms with van der Waals surface area (Å²) in [6.07, 6.45) is 3.87. The van der Waals surface area contributed by atoms with Gasteiger partial charge in [-0.05, 0) is 48.4 Å². The van der Waals surface area contributed by atoms with Crippen molar-refractivity contribution in [3.05, 3.63) is 40.6 Å². The number of rotatable bonds is 1. The normalized spacial score (nSPS) is 26.4. The molecule has 3 rings (SSSR count). The number of anilines is 1. The van der Waals surface area contributed by atoms with E-state index in [0.717, 1.165) is 31.3 Å². The average molecular weight is 277 g/mol. The topological polar surface area (TPSA) is 64.4 Å². The number of nitrogen functional groups attached to an aromatic ring is 1. The van der Waals surface area contributed by atoms with Crippen LogP contribution in [0.15, 0.2) is 34.2 Å². The highest BCUT2D eigenvalue weighted by molar-refractivity contribution is 8.16. The summed E-state index contributed by atoms with van der Waals surface area (Å²) in [5.74, 6) is -0.259. The van der Waals surface area contributed by atoms with Crippen LogP contribution in [-0.4, -0.2) is 5.17 Å². The average Bonchev–Trinajstić information content (AvgIpc) is 2.41. The second-order valence-electron chi connectivity index (χ2n) is 5.02. The van der Waals surface area contributed by atoms with Crippen molar-refractivity contribution in [3.63, 3.8) is 0 Å². The SMILES string of the molecule is NC1=N[C@@]2(c3cc(N)ccc3F)CCCCC2=CS1. The Hall–Kier alpha value is -1.49. The third-order valence-corrected chi connectivity index (χ3v) is 4.56. The van der Waals surface area contributed by atoms with Crippen LogP contribution in [0.25, 0.3) is 0 Å². The summed E-state index contributed by atoms with van der Waals surface area (Å²) in [4.78, 5) is 4.60. The van der Waals surface area contributed by atoms with Gasteiger partial charge in [0.15, 0.2) is 5.17 Å². The molecule has 3 nitrogen and oxygen atoms in total. The Morgan fingerprint density at radius 2 is 2.11 bits per heavy atom. The molecule has 0 unspecified atom stereocenters. The molecule has 2 aliphatic rings. The van der Waals surface area contributed by atoms with Gasteiger partial charge in [0.2, 0.25) is 0 Å². The van der Waals surface area contributed by atoms with Gasteiger partial charge in [-0.1, -0.05) is 18.2 Å². The van der Waals surface area contributed by atoms with Crippen LogP contribution in [0.3, 0.4) is 0 Å². The lowest BCUT2D eigenvalue weighted by Gasteiger charge is -2.39. The zero-order chi connectivity index (χ0) is 13.5. The van der Waals surface area contributed by atoms with E-state index in [-0.39, 0.29) is 5.82 Å². The molecule has 19 heavy (non-hydrogen) atoms. The van der Waals surface area contributed by atoms with Gasteiger partial charge in [-0.15, -0.1) is 0 Å². The first-order valence-electron chi connectivity index (χ1n) is 6.39. The fraction of sp³-hybridized carbons (Fsp3) is 0.357. The number of amidine groups is 1. The Kier molecular flexibility index (Phi) is 3.01. The molecule has 0 saturated heterocycles. The largest absolute Gasteiger partial charge is 0.399 e. The van der Waals surface area contributed by atoms with Crippen molar-refractivity contribution in [2.45, 2.75) is 31.2 Å². The van der Waals surface area contributed by atoms with Crippen LogP contribution in [-0.2, 0) is 5.54 Å². The predicted molar refractivity (Wildman–Crippen MR) is 78.3 cm³/mol. The number of fused-ring (bicyclic) bond motifs is 1. The first kappa shape index (κ1) is 12.5. The molecule has 1 aromatic carbocycles. The summed E-state index contributed by atoms with van der Waals surface area (Å²) >= 11 is 1.42. The third-order valence-electron chi connectivity index (χ3n) is 3.82. The molecule has 1 atom stereocenters. The molecular formula is C14H16FN3S. The molecule has 0 aromatic heterocycles. The number of thioether (sulfide) groups is 1. The van der Waals surface area contributed by atoms with Crippen LogP contribution in [0.1, 0.15) is 31.2 Å². The molecule has 100 valence electrons.